The molecule has 0 unspecified atom stereocenters. The molecule has 0 aliphatic heterocycles. The molecule has 2 N–H and O–H groups in total. The molecule has 0 saturated heterocycles. The third kappa shape index (κ3) is 11.6. The topological polar surface area (TPSA) is 58.2 Å². The van der Waals surface area contributed by atoms with Crippen LogP contribution < -0.4 is 10.6 Å². The zero-order valence-corrected chi connectivity index (χ0v) is 9.17. The van der Waals surface area contributed by atoms with Crippen LogP contribution in [0.25, 0.3) is 0 Å². The van der Waals surface area contributed by atoms with Crippen molar-refractivity contribution >= 4 is 33.9 Å². The van der Waals surface area contributed by atoms with Crippen LogP contribution in [0.5, 0.6) is 0 Å². The van der Waals surface area contributed by atoms with E-state index in [0.29, 0.717) is 19.5 Å². The minimum atomic E-state index is 0.00761. The summed E-state index contributed by atoms with van der Waals surface area (Å²) in [5.41, 5.74) is 0. The van der Waals surface area contributed by atoms with E-state index in [1.165, 1.54) is 6.92 Å². The monoisotopic (exact) mass is 222 g/mol. The Balaban J connectivity index is 2.91. The summed E-state index contributed by atoms with van der Waals surface area (Å²) in [4.78, 5) is 20.3. The van der Waals surface area contributed by atoms with Crippen LogP contribution in [0.2, 0.25) is 0 Å². The molecule has 0 aliphatic rings. The molecule has 76 valence electrons. The molecule has 0 aromatic carbocycles. The van der Waals surface area contributed by atoms with Gasteiger partial charge in [-0.05, 0) is 0 Å². The van der Waals surface area contributed by atoms with E-state index in [-0.39, 0.29) is 5.91 Å². The first-order valence-corrected chi connectivity index (χ1v) is 6.42. The maximum Gasteiger partial charge on any atom is 0.216 e. The molecule has 0 fully saturated rings. The molecule has 0 saturated carbocycles. The molecule has 0 rings (SSSR count). The number of hydrogen-bond acceptors (Lipinski definition) is 4. The van der Waals surface area contributed by atoms with Crippen LogP contribution in [0, 0.1) is 0 Å². The zero-order valence-electron chi connectivity index (χ0n) is 7.54. The fraction of sp³-hybridized carbons (Fsp3) is 0.714. The standard InChI is InChI=1S/C7H14N2O2S2/c1-7(11)9-3-5-13-12-4-2-8-6-10/h6H,2-5H2,1H3,(H,8,10)(H,9,11). The van der Waals surface area contributed by atoms with Crippen molar-refractivity contribution in [2.75, 3.05) is 24.6 Å². The number of carbonyl (C=O) groups excluding carboxylic acids is 2. The number of nitrogens with one attached hydrogen (secondary N) is 2. The second-order valence-electron chi connectivity index (χ2n) is 2.20. The first-order valence-electron chi connectivity index (χ1n) is 3.93. The lowest BCUT2D eigenvalue weighted by Gasteiger charge is -2.01. The van der Waals surface area contributed by atoms with Crippen molar-refractivity contribution in [2.45, 2.75) is 6.92 Å². The SMILES string of the molecule is CC(=O)NCCSSCCNC=O. The van der Waals surface area contributed by atoms with Crippen molar-refractivity contribution in [3.63, 3.8) is 0 Å². The van der Waals surface area contributed by atoms with Crippen LogP contribution >= 0.6 is 21.6 Å². The largest absolute Gasteiger partial charge is 0.358 e. The Morgan fingerprint density at radius 1 is 1.31 bits per heavy atom. The molecule has 0 atom stereocenters. The summed E-state index contributed by atoms with van der Waals surface area (Å²) in [5.74, 6) is 1.79. The predicted octanol–water partition coefficient (Wildman–Crippen LogP) is 0.250. The van der Waals surface area contributed by atoms with Crippen LogP contribution in [0.1, 0.15) is 6.92 Å². The maximum absolute atomic E-state index is 10.4. The van der Waals surface area contributed by atoms with Gasteiger partial charge in [0, 0.05) is 31.5 Å². The van der Waals surface area contributed by atoms with Gasteiger partial charge in [-0.3, -0.25) is 9.59 Å². The minimum Gasteiger partial charge on any atom is -0.358 e. The lowest BCUT2D eigenvalue weighted by Crippen LogP contribution is -2.22. The normalized spacial score (nSPS) is 9.31. The smallest absolute Gasteiger partial charge is 0.216 e. The Morgan fingerprint density at radius 3 is 2.46 bits per heavy atom. The highest BCUT2D eigenvalue weighted by Crippen LogP contribution is 2.18. The van der Waals surface area contributed by atoms with E-state index in [4.69, 9.17) is 0 Å². The number of amides is 2. The Bertz CT molecular complexity index is 155. The Morgan fingerprint density at radius 2 is 1.92 bits per heavy atom. The quantitative estimate of drug-likeness (QED) is 0.351. The molecule has 6 heteroatoms. The number of hydrogen-bond donors (Lipinski definition) is 2. The summed E-state index contributed by atoms with van der Waals surface area (Å²) in [5, 5.41) is 5.28. The first kappa shape index (κ1) is 12.6. The molecular weight excluding hydrogens is 208 g/mol. The van der Waals surface area contributed by atoms with Gasteiger partial charge in [0.2, 0.25) is 12.3 Å². The fourth-order valence-electron chi connectivity index (χ4n) is 0.546. The van der Waals surface area contributed by atoms with Crippen molar-refractivity contribution in [3.8, 4) is 0 Å². The van der Waals surface area contributed by atoms with Gasteiger partial charge in [0.05, 0.1) is 0 Å². The molecule has 0 heterocycles. The second-order valence-corrected chi connectivity index (χ2v) is 4.90. The third-order valence-electron chi connectivity index (χ3n) is 1.06. The van der Waals surface area contributed by atoms with E-state index < -0.39 is 0 Å². The van der Waals surface area contributed by atoms with Gasteiger partial charge in [-0.1, -0.05) is 21.6 Å². The van der Waals surface area contributed by atoms with Gasteiger partial charge in [0.25, 0.3) is 0 Å². The van der Waals surface area contributed by atoms with Gasteiger partial charge >= 0.3 is 0 Å². The average molecular weight is 222 g/mol. The Kier molecular flexibility index (Phi) is 9.46. The summed E-state index contributed by atoms with van der Waals surface area (Å²) in [6.45, 7) is 2.90. The van der Waals surface area contributed by atoms with E-state index >= 15 is 0 Å². The molecule has 0 spiro atoms. The van der Waals surface area contributed by atoms with Crippen molar-refractivity contribution in [1.29, 1.82) is 0 Å². The number of rotatable bonds is 8. The Labute approximate surface area is 86.0 Å². The first-order chi connectivity index (χ1) is 6.27. The highest BCUT2D eigenvalue weighted by molar-refractivity contribution is 8.76. The van der Waals surface area contributed by atoms with Gasteiger partial charge in [0.15, 0.2) is 0 Å². The van der Waals surface area contributed by atoms with Crippen molar-refractivity contribution in [1.82, 2.24) is 10.6 Å². The van der Waals surface area contributed by atoms with Gasteiger partial charge < -0.3 is 10.6 Å². The lowest BCUT2D eigenvalue weighted by molar-refractivity contribution is -0.118. The van der Waals surface area contributed by atoms with E-state index in [2.05, 4.69) is 10.6 Å². The maximum atomic E-state index is 10.4. The van der Waals surface area contributed by atoms with Gasteiger partial charge in [0.1, 0.15) is 0 Å². The third-order valence-corrected chi connectivity index (χ3v) is 3.46. The van der Waals surface area contributed by atoms with Crippen LogP contribution in [0.4, 0.5) is 0 Å². The highest BCUT2D eigenvalue weighted by Gasteiger charge is 1.92. The summed E-state index contributed by atoms with van der Waals surface area (Å²) >= 11 is 0. The zero-order chi connectivity index (χ0) is 9.94. The van der Waals surface area contributed by atoms with Gasteiger partial charge in [-0.25, -0.2) is 0 Å². The summed E-state index contributed by atoms with van der Waals surface area (Å²) in [7, 11) is 3.38. The predicted molar refractivity (Wildman–Crippen MR) is 57.7 cm³/mol. The van der Waals surface area contributed by atoms with Gasteiger partial charge in [-0.2, -0.15) is 0 Å². The molecule has 0 radical (unpaired) electrons. The summed E-state index contributed by atoms with van der Waals surface area (Å²) in [6, 6.07) is 0. The molecule has 0 aliphatic carbocycles. The Hall–Kier alpha value is -0.360. The van der Waals surface area contributed by atoms with E-state index in [1.807, 2.05) is 0 Å². The van der Waals surface area contributed by atoms with Crippen LogP contribution in [0.15, 0.2) is 0 Å². The van der Waals surface area contributed by atoms with Crippen LogP contribution in [-0.2, 0) is 9.59 Å². The van der Waals surface area contributed by atoms with E-state index in [0.717, 1.165) is 11.5 Å². The lowest BCUT2D eigenvalue weighted by atomic mass is 10.6. The van der Waals surface area contributed by atoms with Crippen molar-refractivity contribution in [2.24, 2.45) is 0 Å². The van der Waals surface area contributed by atoms with Crippen molar-refractivity contribution < 1.29 is 9.59 Å². The highest BCUT2D eigenvalue weighted by atomic mass is 33.1. The molecule has 13 heavy (non-hydrogen) atoms. The minimum absolute atomic E-state index is 0.00761. The summed E-state index contributed by atoms with van der Waals surface area (Å²) < 4.78 is 0. The molecule has 0 aromatic rings. The van der Waals surface area contributed by atoms with Crippen LogP contribution in [-0.4, -0.2) is 36.9 Å². The van der Waals surface area contributed by atoms with E-state index in [9.17, 15) is 9.59 Å². The average Bonchev–Trinajstić information content (AvgIpc) is 2.09. The molecule has 4 nitrogen and oxygen atoms in total. The van der Waals surface area contributed by atoms with Crippen LogP contribution in [0.3, 0.4) is 0 Å². The second kappa shape index (κ2) is 9.73. The molecule has 0 bridgehead atoms. The summed E-state index contributed by atoms with van der Waals surface area (Å²) in [6.07, 6.45) is 0.697. The molecule has 2 amide bonds. The van der Waals surface area contributed by atoms with E-state index in [1.54, 1.807) is 21.6 Å². The van der Waals surface area contributed by atoms with Crippen molar-refractivity contribution in [3.05, 3.63) is 0 Å². The van der Waals surface area contributed by atoms with Gasteiger partial charge in [-0.15, -0.1) is 0 Å². The molecular formula is C7H14N2O2S2. The molecule has 0 aromatic heterocycles. The number of carbonyl (C=O) groups is 2. The fourth-order valence-corrected chi connectivity index (χ4v) is 2.38.